The van der Waals surface area contributed by atoms with E-state index in [2.05, 4.69) is 61.2 Å². The van der Waals surface area contributed by atoms with E-state index in [9.17, 15) is 13.0 Å². The lowest BCUT2D eigenvalue weighted by atomic mass is 10.2. The number of nitrogens with zero attached hydrogens (tertiary/aromatic N) is 1. The molecule has 0 bridgehead atoms. The van der Waals surface area contributed by atoms with E-state index in [0.717, 1.165) is 23.1 Å². The van der Waals surface area contributed by atoms with Crippen LogP contribution in [-0.4, -0.2) is 38.1 Å². The first-order valence-electron chi connectivity index (χ1n) is 7.63. The summed E-state index contributed by atoms with van der Waals surface area (Å²) in [4.78, 5) is -0.178. The van der Waals surface area contributed by atoms with Crippen molar-refractivity contribution in [2.75, 3.05) is 20.6 Å². The molecule has 6 heteroatoms. The van der Waals surface area contributed by atoms with Gasteiger partial charge in [0, 0.05) is 10.0 Å². The standard InChI is InChI=1S/C11H17BrN.C7H8O3S/c1-4-13(2,3)9-10-7-5-6-8-11(10)12;1-6-2-4-7(5-3-6)11(8,9)10/h5-8H,4,9H2,1-3H3;2-5H,1H3,(H,8,9,10)/q+1;/p-1. The minimum Gasteiger partial charge on any atom is -0.744 e. The summed E-state index contributed by atoms with van der Waals surface area (Å²) in [5.41, 5.74) is 2.31. The summed E-state index contributed by atoms with van der Waals surface area (Å²) in [6.45, 7) is 6.28. The van der Waals surface area contributed by atoms with Crippen LogP contribution in [-0.2, 0) is 16.7 Å². The molecule has 0 amide bonds. The number of rotatable bonds is 4. The normalized spacial score (nSPS) is 11.6. The molecule has 24 heavy (non-hydrogen) atoms. The number of quaternary nitrogens is 1. The van der Waals surface area contributed by atoms with Gasteiger partial charge in [-0.05, 0) is 32.0 Å². The molecule has 0 N–H and O–H groups in total. The Hall–Kier alpha value is -1.21. The van der Waals surface area contributed by atoms with Crippen molar-refractivity contribution in [3.05, 3.63) is 64.1 Å². The first kappa shape index (κ1) is 20.8. The first-order chi connectivity index (χ1) is 11.0. The van der Waals surface area contributed by atoms with Gasteiger partial charge in [-0.2, -0.15) is 0 Å². The van der Waals surface area contributed by atoms with Gasteiger partial charge in [-0.15, -0.1) is 0 Å². The number of aryl methyl sites for hydroxylation is 1. The van der Waals surface area contributed by atoms with E-state index in [1.807, 2.05) is 6.92 Å². The van der Waals surface area contributed by atoms with Crippen LogP contribution >= 0.6 is 15.9 Å². The molecule has 0 saturated heterocycles. The van der Waals surface area contributed by atoms with Crippen LogP contribution in [0.2, 0.25) is 0 Å². The molecule has 2 aromatic rings. The lowest BCUT2D eigenvalue weighted by Crippen LogP contribution is -2.38. The highest BCUT2D eigenvalue weighted by molar-refractivity contribution is 9.10. The van der Waals surface area contributed by atoms with Crippen molar-refractivity contribution in [1.29, 1.82) is 0 Å². The third-order valence-electron chi connectivity index (χ3n) is 3.72. The van der Waals surface area contributed by atoms with Crippen LogP contribution in [0.1, 0.15) is 18.1 Å². The summed E-state index contributed by atoms with van der Waals surface area (Å²) in [5, 5.41) is 0. The molecule has 0 fully saturated rings. The maximum Gasteiger partial charge on any atom is 0.124 e. The molecule has 0 aromatic heterocycles. The van der Waals surface area contributed by atoms with Crippen LogP contribution in [0, 0.1) is 6.92 Å². The third kappa shape index (κ3) is 7.13. The molecule has 0 unspecified atom stereocenters. The van der Waals surface area contributed by atoms with Crippen LogP contribution in [0.15, 0.2) is 57.9 Å². The van der Waals surface area contributed by atoms with Crippen LogP contribution in [0.5, 0.6) is 0 Å². The van der Waals surface area contributed by atoms with Crippen LogP contribution < -0.4 is 0 Å². The van der Waals surface area contributed by atoms with Crippen molar-refractivity contribution < 1.29 is 17.5 Å². The minimum atomic E-state index is -4.27. The van der Waals surface area contributed by atoms with Gasteiger partial charge < -0.3 is 9.04 Å². The second kappa shape index (κ2) is 8.76. The smallest absolute Gasteiger partial charge is 0.124 e. The van der Waals surface area contributed by atoms with Crippen molar-refractivity contribution in [3.8, 4) is 0 Å². The van der Waals surface area contributed by atoms with Gasteiger partial charge in [0.15, 0.2) is 0 Å². The Morgan fingerprint density at radius 3 is 2.04 bits per heavy atom. The average Bonchev–Trinajstić information content (AvgIpc) is 2.50. The summed E-state index contributed by atoms with van der Waals surface area (Å²) >= 11 is 3.57. The van der Waals surface area contributed by atoms with E-state index in [4.69, 9.17) is 0 Å². The lowest BCUT2D eigenvalue weighted by Gasteiger charge is -2.28. The van der Waals surface area contributed by atoms with E-state index >= 15 is 0 Å². The van der Waals surface area contributed by atoms with Crippen LogP contribution in [0.4, 0.5) is 0 Å². The molecular formula is C18H24BrNO3S. The molecule has 4 nitrogen and oxygen atoms in total. The SMILES string of the molecule is CC[N+](C)(C)Cc1ccccc1Br.Cc1ccc(S(=O)(=O)[O-])cc1. The Morgan fingerprint density at radius 2 is 1.58 bits per heavy atom. The van der Waals surface area contributed by atoms with Gasteiger partial charge in [-0.3, -0.25) is 0 Å². The van der Waals surface area contributed by atoms with Gasteiger partial charge in [0.25, 0.3) is 0 Å². The molecule has 0 aliphatic carbocycles. The molecule has 0 spiro atoms. The predicted octanol–water partition coefficient (Wildman–Crippen LogP) is 3.94. The fourth-order valence-electron chi connectivity index (χ4n) is 1.90. The monoisotopic (exact) mass is 413 g/mol. The Kier molecular flexibility index (Phi) is 7.60. The van der Waals surface area contributed by atoms with E-state index in [-0.39, 0.29) is 4.90 Å². The number of halogens is 1. The number of benzene rings is 2. The Bertz CT molecular complexity index is 756. The van der Waals surface area contributed by atoms with Gasteiger partial charge in [-0.25, -0.2) is 8.42 Å². The molecule has 0 atom stereocenters. The molecule has 0 saturated carbocycles. The Labute approximate surface area is 153 Å². The first-order valence-corrected chi connectivity index (χ1v) is 9.83. The van der Waals surface area contributed by atoms with Gasteiger partial charge >= 0.3 is 0 Å². The minimum absolute atomic E-state index is 0.178. The Morgan fingerprint density at radius 1 is 1.04 bits per heavy atom. The van der Waals surface area contributed by atoms with Crippen molar-refractivity contribution in [2.24, 2.45) is 0 Å². The van der Waals surface area contributed by atoms with Crippen molar-refractivity contribution in [2.45, 2.75) is 25.3 Å². The van der Waals surface area contributed by atoms with Gasteiger partial charge in [0.05, 0.1) is 25.5 Å². The highest BCUT2D eigenvalue weighted by Gasteiger charge is 2.13. The maximum atomic E-state index is 10.4. The predicted molar refractivity (Wildman–Crippen MR) is 99.6 cm³/mol. The second-order valence-corrected chi connectivity index (χ2v) is 8.50. The third-order valence-corrected chi connectivity index (χ3v) is 5.35. The van der Waals surface area contributed by atoms with Gasteiger partial charge in [0.1, 0.15) is 16.7 Å². The quantitative estimate of drug-likeness (QED) is 0.563. The van der Waals surface area contributed by atoms with Gasteiger partial charge in [-0.1, -0.05) is 51.8 Å². The van der Waals surface area contributed by atoms with E-state index in [1.165, 1.54) is 22.2 Å². The number of hydrogen-bond acceptors (Lipinski definition) is 3. The summed E-state index contributed by atoms with van der Waals surface area (Å²) in [5.74, 6) is 0. The van der Waals surface area contributed by atoms with Crippen molar-refractivity contribution in [1.82, 2.24) is 0 Å². The fraction of sp³-hybridized carbons (Fsp3) is 0.333. The molecule has 2 rings (SSSR count). The summed E-state index contributed by atoms with van der Waals surface area (Å²) in [6.07, 6.45) is 0. The number of hydrogen-bond donors (Lipinski definition) is 0. The molecule has 2 aromatic carbocycles. The Balaban J connectivity index is 0.000000243. The molecule has 132 valence electrons. The van der Waals surface area contributed by atoms with Crippen molar-refractivity contribution >= 4 is 26.0 Å². The van der Waals surface area contributed by atoms with Gasteiger partial charge in [0.2, 0.25) is 0 Å². The summed E-state index contributed by atoms with van der Waals surface area (Å²) in [6, 6.07) is 14.2. The van der Waals surface area contributed by atoms with E-state index in [1.54, 1.807) is 12.1 Å². The lowest BCUT2D eigenvalue weighted by molar-refractivity contribution is -0.901. The van der Waals surface area contributed by atoms with E-state index < -0.39 is 10.1 Å². The summed E-state index contributed by atoms with van der Waals surface area (Å²) in [7, 11) is 0.229. The highest BCUT2D eigenvalue weighted by atomic mass is 79.9. The van der Waals surface area contributed by atoms with Crippen LogP contribution in [0.3, 0.4) is 0 Å². The average molecular weight is 414 g/mol. The molecular weight excluding hydrogens is 390 g/mol. The topological polar surface area (TPSA) is 57.2 Å². The zero-order valence-corrected chi connectivity index (χ0v) is 16.9. The summed E-state index contributed by atoms with van der Waals surface area (Å²) < 4.78 is 33.4. The maximum absolute atomic E-state index is 10.4. The van der Waals surface area contributed by atoms with E-state index in [0.29, 0.717) is 0 Å². The molecule has 0 radical (unpaired) electrons. The highest BCUT2D eigenvalue weighted by Crippen LogP contribution is 2.19. The molecule has 0 heterocycles. The van der Waals surface area contributed by atoms with Crippen molar-refractivity contribution in [3.63, 3.8) is 0 Å². The van der Waals surface area contributed by atoms with Crippen LogP contribution in [0.25, 0.3) is 0 Å². The zero-order valence-electron chi connectivity index (χ0n) is 14.5. The molecule has 0 aliphatic rings. The largest absolute Gasteiger partial charge is 0.744 e. The molecule has 0 aliphatic heterocycles. The second-order valence-electron chi connectivity index (χ2n) is 6.27. The zero-order chi connectivity index (χ0) is 18.4. The fourth-order valence-corrected chi connectivity index (χ4v) is 2.78.